The molecule has 0 atom stereocenters. The Morgan fingerprint density at radius 3 is 2.54 bits per heavy atom. The molecule has 0 aliphatic carbocycles. The molecular formula is C8H10N2O3. The SMILES string of the molecule is CC(C)(O)c1cncnc1C(=O)O. The van der Waals surface area contributed by atoms with E-state index in [2.05, 4.69) is 9.97 Å². The summed E-state index contributed by atoms with van der Waals surface area (Å²) in [5, 5.41) is 18.3. The highest BCUT2D eigenvalue weighted by Gasteiger charge is 2.24. The van der Waals surface area contributed by atoms with E-state index >= 15 is 0 Å². The standard InChI is InChI=1S/C8H10N2O3/c1-8(2,13)5-3-9-4-10-6(5)7(11)12/h3-4,13H,1-2H3,(H,11,12). The van der Waals surface area contributed by atoms with Crippen molar-refractivity contribution in [1.82, 2.24) is 9.97 Å². The molecule has 0 fully saturated rings. The average Bonchev–Trinajstić information content (AvgIpc) is 2.03. The van der Waals surface area contributed by atoms with Crippen LogP contribution in [0.2, 0.25) is 0 Å². The van der Waals surface area contributed by atoms with Crippen molar-refractivity contribution < 1.29 is 15.0 Å². The molecule has 1 heterocycles. The van der Waals surface area contributed by atoms with Crippen molar-refractivity contribution in [2.24, 2.45) is 0 Å². The Bertz CT molecular complexity index is 330. The zero-order valence-electron chi connectivity index (χ0n) is 7.35. The molecule has 0 radical (unpaired) electrons. The normalized spacial score (nSPS) is 11.3. The molecule has 0 amide bonds. The van der Waals surface area contributed by atoms with Crippen molar-refractivity contribution in [2.45, 2.75) is 19.4 Å². The van der Waals surface area contributed by atoms with E-state index in [0.717, 1.165) is 6.33 Å². The van der Waals surface area contributed by atoms with Gasteiger partial charge in [0.25, 0.3) is 0 Å². The quantitative estimate of drug-likeness (QED) is 0.691. The van der Waals surface area contributed by atoms with Crippen LogP contribution in [0.25, 0.3) is 0 Å². The maximum Gasteiger partial charge on any atom is 0.355 e. The average molecular weight is 182 g/mol. The van der Waals surface area contributed by atoms with Crippen LogP contribution in [0.4, 0.5) is 0 Å². The third-order valence-corrected chi connectivity index (χ3v) is 1.57. The van der Waals surface area contributed by atoms with E-state index in [0.29, 0.717) is 0 Å². The van der Waals surface area contributed by atoms with Gasteiger partial charge in [-0.05, 0) is 13.8 Å². The van der Waals surface area contributed by atoms with Gasteiger partial charge in [-0.1, -0.05) is 0 Å². The van der Waals surface area contributed by atoms with E-state index in [9.17, 15) is 9.90 Å². The minimum atomic E-state index is -1.24. The van der Waals surface area contributed by atoms with Crippen molar-refractivity contribution in [3.05, 3.63) is 23.8 Å². The maximum absolute atomic E-state index is 10.7. The van der Waals surface area contributed by atoms with Crippen LogP contribution in [0.15, 0.2) is 12.5 Å². The molecule has 1 aromatic heterocycles. The fraction of sp³-hybridized carbons (Fsp3) is 0.375. The lowest BCUT2D eigenvalue weighted by molar-refractivity contribution is 0.0617. The molecule has 5 heteroatoms. The van der Waals surface area contributed by atoms with Crippen LogP contribution in [0.1, 0.15) is 29.9 Å². The van der Waals surface area contributed by atoms with Gasteiger partial charge in [0.2, 0.25) is 0 Å². The largest absolute Gasteiger partial charge is 0.476 e. The predicted molar refractivity (Wildman–Crippen MR) is 44.2 cm³/mol. The van der Waals surface area contributed by atoms with Crippen molar-refractivity contribution in [1.29, 1.82) is 0 Å². The van der Waals surface area contributed by atoms with E-state index in [-0.39, 0.29) is 11.3 Å². The molecule has 1 rings (SSSR count). The number of hydrogen-bond acceptors (Lipinski definition) is 4. The molecule has 0 aromatic carbocycles. The van der Waals surface area contributed by atoms with Gasteiger partial charge < -0.3 is 10.2 Å². The van der Waals surface area contributed by atoms with E-state index in [4.69, 9.17) is 5.11 Å². The van der Waals surface area contributed by atoms with Crippen molar-refractivity contribution in [3.63, 3.8) is 0 Å². The number of carboxylic acid groups (broad SMARTS) is 1. The first kappa shape index (κ1) is 9.60. The van der Waals surface area contributed by atoms with Crippen LogP contribution >= 0.6 is 0 Å². The third kappa shape index (κ3) is 2.00. The monoisotopic (exact) mass is 182 g/mol. The summed E-state index contributed by atoms with van der Waals surface area (Å²) in [6.45, 7) is 2.97. The van der Waals surface area contributed by atoms with Gasteiger partial charge in [0, 0.05) is 11.8 Å². The van der Waals surface area contributed by atoms with Crippen LogP contribution in [-0.2, 0) is 5.60 Å². The topological polar surface area (TPSA) is 83.3 Å². The maximum atomic E-state index is 10.7. The molecule has 0 saturated heterocycles. The Labute approximate surface area is 75.1 Å². The van der Waals surface area contributed by atoms with E-state index < -0.39 is 11.6 Å². The Morgan fingerprint density at radius 1 is 1.54 bits per heavy atom. The summed E-state index contributed by atoms with van der Waals surface area (Å²) < 4.78 is 0. The van der Waals surface area contributed by atoms with E-state index in [1.807, 2.05) is 0 Å². The minimum Gasteiger partial charge on any atom is -0.476 e. The molecule has 70 valence electrons. The molecule has 13 heavy (non-hydrogen) atoms. The van der Waals surface area contributed by atoms with Gasteiger partial charge in [0.05, 0.1) is 5.60 Å². The van der Waals surface area contributed by atoms with Crippen LogP contribution < -0.4 is 0 Å². The first-order valence-corrected chi connectivity index (χ1v) is 3.69. The summed E-state index contributed by atoms with van der Waals surface area (Å²) in [4.78, 5) is 17.9. The Kier molecular flexibility index (Phi) is 2.29. The molecule has 0 aliphatic heterocycles. The number of aromatic carboxylic acids is 1. The van der Waals surface area contributed by atoms with Gasteiger partial charge in [-0.3, -0.25) is 0 Å². The molecule has 5 nitrogen and oxygen atoms in total. The lowest BCUT2D eigenvalue weighted by Crippen LogP contribution is -2.21. The molecule has 0 spiro atoms. The summed E-state index contributed by atoms with van der Waals surface area (Å²) in [5.41, 5.74) is -1.19. The third-order valence-electron chi connectivity index (χ3n) is 1.57. The number of carboxylic acids is 1. The molecule has 0 unspecified atom stereocenters. The minimum absolute atomic E-state index is 0.164. The second-order valence-electron chi connectivity index (χ2n) is 3.15. The molecule has 0 bridgehead atoms. The summed E-state index contributed by atoms with van der Waals surface area (Å²) in [5.74, 6) is -1.17. The van der Waals surface area contributed by atoms with Gasteiger partial charge in [-0.2, -0.15) is 0 Å². The van der Waals surface area contributed by atoms with Gasteiger partial charge in [-0.15, -0.1) is 0 Å². The fourth-order valence-corrected chi connectivity index (χ4v) is 0.948. The van der Waals surface area contributed by atoms with Crippen LogP contribution in [0.3, 0.4) is 0 Å². The first-order chi connectivity index (χ1) is 5.93. The van der Waals surface area contributed by atoms with Gasteiger partial charge in [0.1, 0.15) is 6.33 Å². The number of aliphatic hydroxyl groups is 1. The van der Waals surface area contributed by atoms with Crippen molar-refractivity contribution in [3.8, 4) is 0 Å². The zero-order valence-corrected chi connectivity index (χ0v) is 7.35. The Balaban J connectivity index is 3.28. The van der Waals surface area contributed by atoms with Gasteiger partial charge in [0.15, 0.2) is 5.69 Å². The van der Waals surface area contributed by atoms with Crippen molar-refractivity contribution >= 4 is 5.97 Å². The molecule has 2 N–H and O–H groups in total. The highest BCUT2D eigenvalue weighted by Crippen LogP contribution is 2.20. The van der Waals surface area contributed by atoms with Crippen molar-refractivity contribution in [2.75, 3.05) is 0 Å². The smallest absolute Gasteiger partial charge is 0.355 e. The lowest BCUT2D eigenvalue weighted by atomic mass is 9.98. The zero-order chi connectivity index (χ0) is 10.1. The summed E-state index contributed by atoms with van der Waals surface area (Å²) in [6.07, 6.45) is 2.44. The van der Waals surface area contributed by atoms with Crippen LogP contribution in [0.5, 0.6) is 0 Å². The fourth-order valence-electron chi connectivity index (χ4n) is 0.948. The molecule has 1 aromatic rings. The Morgan fingerprint density at radius 2 is 2.15 bits per heavy atom. The first-order valence-electron chi connectivity index (χ1n) is 3.69. The number of hydrogen-bond donors (Lipinski definition) is 2. The summed E-state index contributed by atoms with van der Waals surface area (Å²) >= 11 is 0. The van der Waals surface area contributed by atoms with Gasteiger partial charge in [-0.25, -0.2) is 14.8 Å². The number of aromatic nitrogens is 2. The highest BCUT2D eigenvalue weighted by atomic mass is 16.4. The predicted octanol–water partition coefficient (Wildman–Crippen LogP) is 0.402. The number of rotatable bonds is 2. The second kappa shape index (κ2) is 3.10. The number of nitrogens with zero attached hydrogens (tertiary/aromatic N) is 2. The van der Waals surface area contributed by atoms with Crippen LogP contribution in [0, 0.1) is 0 Å². The number of carbonyl (C=O) groups is 1. The van der Waals surface area contributed by atoms with E-state index in [1.165, 1.54) is 20.0 Å². The summed E-state index contributed by atoms with van der Waals surface area (Å²) in [6, 6.07) is 0. The van der Waals surface area contributed by atoms with Crippen LogP contribution in [-0.4, -0.2) is 26.2 Å². The molecule has 0 aliphatic rings. The van der Waals surface area contributed by atoms with Gasteiger partial charge >= 0.3 is 5.97 Å². The Hall–Kier alpha value is -1.49. The summed E-state index contributed by atoms with van der Waals surface area (Å²) in [7, 11) is 0. The lowest BCUT2D eigenvalue weighted by Gasteiger charge is -2.18. The highest BCUT2D eigenvalue weighted by molar-refractivity contribution is 5.87. The molecular weight excluding hydrogens is 172 g/mol. The molecule has 0 saturated carbocycles. The van der Waals surface area contributed by atoms with E-state index in [1.54, 1.807) is 0 Å². The second-order valence-corrected chi connectivity index (χ2v) is 3.15.